The van der Waals surface area contributed by atoms with E-state index in [2.05, 4.69) is 0 Å². The Kier molecular flexibility index (Phi) is 4.67. The summed E-state index contributed by atoms with van der Waals surface area (Å²) in [5.41, 5.74) is 0. The number of ketones is 1. The molecule has 0 aliphatic heterocycles. The van der Waals surface area contributed by atoms with Crippen molar-refractivity contribution < 1.29 is 14.3 Å². The number of rotatable bonds is 4. The van der Waals surface area contributed by atoms with Crippen LogP contribution in [0.3, 0.4) is 0 Å². The van der Waals surface area contributed by atoms with Crippen LogP contribution in [0.5, 0.6) is 0 Å². The number of hydrogen-bond donors (Lipinski definition) is 0. The van der Waals surface area contributed by atoms with E-state index in [1.165, 1.54) is 0 Å². The van der Waals surface area contributed by atoms with Crippen LogP contribution in [0.2, 0.25) is 0 Å². The van der Waals surface area contributed by atoms with Crippen LogP contribution in [0.1, 0.15) is 34.6 Å². The summed E-state index contributed by atoms with van der Waals surface area (Å²) in [7, 11) is 0. The third-order valence-corrected chi connectivity index (χ3v) is 1.96. The monoisotopic (exact) mass is 186 g/mol. The van der Waals surface area contributed by atoms with E-state index in [9.17, 15) is 9.59 Å². The Bertz CT molecular complexity index is 194. The lowest BCUT2D eigenvalue weighted by molar-refractivity contribution is -0.160. The second kappa shape index (κ2) is 5.00. The molecule has 0 bridgehead atoms. The summed E-state index contributed by atoms with van der Waals surface area (Å²) in [6.45, 7) is 9.04. The van der Waals surface area contributed by atoms with Crippen molar-refractivity contribution in [3.63, 3.8) is 0 Å². The van der Waals surface area contributed by atoms with Crippen LogP contribution >= 0.6 is 0 Å². The third-order valence-electron chi connectivity index (χ3n) is 1.96. The van der Waals surface area contributed by atoms with Crippen molar-refractivity contribution in [2.75, 3.05) is 0 Å². The number of hydrogen-bond acceptors (Lipinski definition) is 3. The maximum atomic E-state index is 11.1. The highest BCUT2D eigenvalue weighted by Gasteiger charge is 2.22. The van der Waals surface area contributed by atoms with E-state index >= 15 is 0 Å². The normalized spacial score (nSPS) is 13.2. The first-order valence-corrected chi connectivity index (χ1v) is 4.61. The maximum absolute atomic E-state index is 11.1. The van der Waals surface area contributed by atoms with Gasteiger partial charge in [-0.2, -0.15) is 0 Å². The van der Waals surface area contributed by atoms with Crippen LogP contribution in [0.15, 0.2) is 0 Å². The fraction of sp³-hybridized carbons (Fsp3) is 0.800. The molecule has 3 nitrogen and oxygen atoms in total. The number of ether oxygens (including phenoxy) is 1. The molecule has 0 aromatic carbocycles. The van der Waals surface area contributed by atoms with Gasteiger partial charge in [-0.05, 0) is 12.8 Å². The van der Waals surface area contributed by atoms with Crippen LogP contribution in [0, 0.1) is 11.8 Å². The Morgan fingerprint density at radius 3 is 1.77 bits per heavy atom. The molecule has 0 saturated heterocycles. The van der Waals surface area contributed by atoms with Gasteiger partial charge >= 0.3 is 5.97 Å². The summed E-state index contributed by atoms with van der Waals surface area (Å²) < 4.78 is 4.95. The third kappa shape index (κ3) is 4.06. The molecule has 76 valence electrons. The van der Waals surface area contributed by atoms with Gasteiger partial charge < -0.3 is 4.74 Å². The van der Waals surface area contributed by atoms with Crippen molar-refractivity contribution in [3.05, 3.63) is 0 Å². The van der Waals surface area contributed by atoms with Gasteiger partial charge in [0.15, 0.2) is 0 Å². The van der Waals surface area contributed by atoms with Crippen molar-refractivity contribution in [1.82, 2.24) is 0 Å². The lowest BCUT2D eigenvalue weighted by Crippen LogP contribution is -2.28. The number of carbonyl (C=O) groups is 2. The maximum Gasteiger partial charge on any atom is 0.375 e. The van der Waals surface area contributed by atoms with Gasteiger partial charge in [-0.1, -0.05) is 27.7 Å². The highest BCUT2D eigenvalue weighted by Crippen LogP contribution is 2.07. The number of esters is 1. The lowest BCUT2D eigenvalue weighted by Gasteiger charge is -2.16. The van der Waals surface area contributed by atoms with Gasteiger partial charge in [0.25, 0.3) is 0 Å². The molecular weight excluding hydrogens is 168 g/mol. The molecule has 0 aromatic heterocycles. The van der Waals surface area contributed by atoms with Crippen molar-refractivity contribution in [3.8, 4) is 0 Å². The summed E-state index contributed by atoms with van der Waals surface area (Å²) in [5, 5.41) is 0. The summed E-state index contributed by atoms with van der Waals surface area (Å²) in [4.78, 5) is 22.3. The van der Waals surface area contributed by atoms with E-state index in [1.54, 1.807) is 20.8 Å². The lowest BCUT2D eigenvalue weighted by atomic mass is 10.1. The van der Waals surface area contributed by atoms with Gasteiger partial charge in [0.05, 0.1) is 0 Å². The minimum atomic E-state index is -0.712. The molecule has 0 rings (SSSR count). The topological polar surface area (TPSA) is 43.4 Å². The molecule has 1 atom stereocenters. The van der Waals surface area contributed by atoms with Crippen molar-refractivity contribution >= 4 is 11.8 Å². The minimum Gasteiger partial charge on any atom is -0.457 e. The Morgan fingerprint density at radius 1 is 1.00 bits per heavy atom. The van der Waals surface area contributed by atoms with E-state index in [4.69, 9.17) is 4.74 Å². The highest BCUT2D eigenvalue weighted by molar-refractivity contribution is 6.34. The summed E-state index contributed by atoms with van der Waals surface area (Å²) in [6, 6.07) is 0. The van der Waals surface area contributed by atoms with Crippen molar-refractivity contribution in [1.29, 1.82) is 0 Å². The van der Waals surface area contributed by atoms with Gasteiger partial charge in [0, 0.05) is 5.92 Å². The smallest absolute Gasteiger partial charge is 0.375 e. The Hall–Kier alpha value is -0.860. The fourth-order valence-electron chi connectivity index (χ4n) is 0.599. The Labute approximate surface area is 79.5 Å². The summed E-state index contributed by atoms with van der Waals surface area (Å²) in [6.07, 6.45) is -0.199. The van der Waals surface area contributed by atoms with Crippen LogP contribution in [-0.4, -0.2) is 17.9 Å². The molecule has 1 unspecified atom stereocenters. The number of carbonyl (C=O) groups excluding carboxylic acids is 2. The molecule has 0 aliphatic rings. The SMILES string of the molecule is CC(C)C(=O)C(=O)OC(C)C(C)C. The molecular formula is C10H18O3. The molecule has 0 saturated carbocycles. The zero-order valence-corrected chi connectivity index (χ0v) is 8.96. The predicted molar refractivity (Wildman–Crippen MR) is 50.2 cm³/mol. The quantitative estimate of drug-likeness (QED) is 0.496. The van der Waals surface area contributed by atoms with Crippen molar-refractivity contribution in [2.45, 2.75) is 40.7 Å². The second-order valence-corrected chi connectivity index (χ2v) is 3.87. The molecule has 0 aromatic rings. The average molecular weight is 186 g/mol. The average Bonchev–Trinajstić information content (AvgIpc) is 2.02. The highest BCUT2D eigenvalue weighted by atomic mass is 16.5. The second-order valence-electron chi connectivity index (χ2n) is 3.87. The first kappa shape index (κ1) is 12.1. The molecule has 0 spiro atoms. The summed E-state index contributed by atoms with van der Waals surface area (Å²) in [5.74, 6) is -1.21. The molecule has 3 heteroatoms. The summed E-state index contributed by atoms with van der Waals surface area (Å²) >= 11 is 0. The molecule has 0 N–H and O–H groups in total. The van der Waals surface area contributed by atoms with E-state index in [1.807, 2.05) is 13.8 Å². The van der Waals surface area contributed by atoms with Crippen LogP contribution in [-0.2, 0) is 14.3 Å². The minimum absolute atomic E-state index is 0.199. The Morgan fingerprint density at radius 2 is 1.46 bits per heavy atom. The largest absolute Gasteiger partial charge is 0.457 e. The van der Waals surface area contributed by atoms with E-state index < -0.39 is 11.8 Å². The van der Waals surface area contributed by atoms with Crippen LogP contribution in [0.4, 0.5) is 0 Å². The molecule has 0 amide bonds. The molecule has 0 aliphatic carbocycles. The van der Waals surface area contributed by atoms with Gasteiger partial charge in [-0.15, -0.1) is 0 Å². The fourth-order valence-corrected chi connectivity index (χ4v) is 0.599. The van der Waals surface area contributed by atoms with Gasteiger partial charge in [-0.25, -0.2) is 4.79 Å². The molecule has 0 fully saturated rings. The predicted octanol–water partition coefficient (Wildman–Crippen LogP) is 1.80. The standard InChI is InChI=1S/C10H18O3/c1-6(2)8(5)13-10(12)9(11)7(3)4/h6-8H,1-5H3. The molecule has 13 heavy (non-hydrogen) atoms. The van der Waals surface area contributed by atoms with Gasteiger partial charge in [-0.3, -0.25) is 4.79 Å². The number of Topliss-reactive ketones (excluding diaryl/α,β-unsaturated/α-hetero) is 1. The van der Waals surface area contributed by atoms with E-state index in [-0.39, 0.29) is 17.9 Å². The van der Waals surface area contributed by atoms with Crippen molar-refractivity contribution in [2.24, 2.45) is 11.8 Å². The van der Waals surface area contributed by atoms with Crippen LogP contribution < -0.4 is 0 Å². The first-order valence-electron chi connectivity index (χ1n) is 4.61. The zero-order valence-electron chi connectivity index (χ0n) is 8.96. The Balaban J connectivity index is 4.08. The van der Waals surface area contributed by atoms with Gasteiger partial charge in [0.1, 0.15) is 6.10 Å². The molecule has 0 heterocycles. The van der Waals surface area contributed by atoms with E-state index in [0.29, 0.717) is 0 Å². The van der Waals surface area contributed by atoms with Gasteiger partial charge in [0.2, 0.25) is 5.78 Å². The zero-order chi connectivity index (χ0) is 10.6. The molecule has 0 radical (unpaired) electrons. The van der Waals surface area contributed by atoms with Crippen LogP contribution in [0.25, 0.3) is 0 Å². The van der Waals surface area contributed by atoms with E-state index in [0.717, 1.165) is 0 Å². The first-order chi connectivity index (χ1) is 5.86.